The summed E-state index contributed by atoms with van der Waals surface area (Å²) < 4.78 is 0. The van der Waals surface area contributed by atoms with Crippen molar-refractivity contribution in [1.29, 1.82) is 0 Å². The van der Waals surface area contributed by atoms with E-state index in [9.17, 15) is 0 Å². The minimum absolute atomic E-state index is 0.443. The first-order chi connectivity index (χ1) is 7.66. The van der Waals surface area contributed by atoms with Crippen molar-refractivity contribution in [2.45, 2.75) is 45.2 Å². The van der Waals surface area contributed by atoms with Gasteiger partial charge in [-0.1, -0.05) is 0 Å². The Hall–Kier alpha value is -0.350. The fourth-order valence-corrected chi connectivity index (χ4v) is 3.07. The zero-order valence-electron chi connectivity index (χ0n) is 10.4. The lowest BCUT2D eigenvalue weighted by Gasteiger charge is -2.25. The maximum Gasteiger partial charge on any atom is 0.169 e. The third kappa shape index (κ3) is 2.86. The molecule has 4 heteroatoms. The summed E-state index contributed by atoms with van der Waals surface area (Å²) in [5, 5.41) is 4.28. The van der Waals surface area contributed by atoms with Crippen LogP contribution in [0.1, 0.15) is 33.1 Å². The second kappa shape index (κ2) is 5.32. The van der Waals surface area contributed by atoms with E-state index < -0.39 is 0 Å². The van der Waals surface area contributed by atoms with Crippen LogP contribution in [0.15, 0.2) is 0 Å². The Morgan fingerprint density at radius 1 is 1.25 bits per heavy atom. The van der Waals surface area contributed by atoms with E-state index in [0.29, 0.717) is 6.04 Å². The largest absolute Gasteiger partial charge is 0.360 e. The first-order valence-electron chi connectivity index (χ1n) is 6.46. The van der Waals surface area contributed by atoms with Gasteiger partial charge in [0.05, 0.1) is 0 Å². The van der Waals surface area contributed by atoms with Gasteiger partial charge in [0.1, 0.15) is 0 Å². The van der Waals surface area contributed by atoms with Gasteiger partial charge in [-0.2, -0.15) is 0 Å². The van der Waals surface area contributed by atoms with Gasteiger partial charge in [0.2, 0.25) is 0 Å². The molecule has 0 saturated carbocycles. The van der Waals surface area contributed by atoms with Crippen LogP contribution < -0.4 is 5.32 Å². The molecule has 2 aliphatic heterocycles. The second-order valence-corrected chi connectivity index (χ2v) is 5.62. The smallest absolute Gasteiger partial charge is 0.169 e. The summed E-state index contributed by atoms with van der Waals surface area (Å²) >= 11 is 5.41. The monoisotopic (exact) mass is 241 g/mol. The van der Waals surface area contributed by atoms with Gasteiger partial charge < -0.3 is 10.2 Å². The molecule has 0 bridgehead atoms. The average molecular weight is 241 g/mol. The van der Waals surface area contributed by atoms with Crippen LogP contribution in [0.25, 0.3) is 0 Å². The molecule has 2 fully saturated rings. The zero-order chi connectivity index (χ0) is 11.5. The fourth-order valence-electron chi connectivity index (χ4n) is 2.67. The van der Waals surface area contributed by atoms with Gasteiger partial charge in [-0.15, -0.1) is 0 Å². The van der Waals surface area contributed by atoms with Crippen molar-refractivity contribution in [1.82, 2.24) is 15.1 Å². The van der Waals surface area contributed by atoms with Gasteiger partial charge in [-0.05, 0) is 58.4 Å². The number of thiocarbonyl (C=S) groups is 1. The van der Waals surface area contributed by atoms with Gasteiger partial charge in [0, 0.05) is 25.2 Å². The molecule has 2 rings (SSSR count). The topological polar surface area (TPSA) is 18.5 Å². The van der Waals surface area contributed by atoms with E-state index >= 15 is 0 Å². The molecular formula is C12H23N3S. The quantitative estimate of drug-likeness (QED) is 0.737. The highest BCUT2D eigenvalue weighted by atomic mass is 32.1. The van der Waals surface area contributed by atoms with Crippen molar-refractivity contribution in [3.63, 3.8) is 0 Å². The van der Waals surface area contributed by atoms with Gasteiger partial charge in [0.25, 0.3) is 0 Å². The van der Waals surface area contributed by atoms with Crippen molar-refractivity contribution >= 4 is 17.3 Å². The van der Waals surface area contributed by atoms with Crippen LogP contribution in [0.4, 0.5) is 0 Å². The molecule has 0 aromatic carbocycles. The summed E-state index contributed by atoms with van der Waals surface area (Å²) in [6.45, 7) is 9.12. The molecule has 0 aromatic rings. The Labute approximate surface area is 104 Å². The number of hydrogen-bond acceptors (Lipinski definition) is 2. The molecule has 2 saturated heterocycles. The molecule has 0 aliphatic carbocycles. The van der Waals surface area contributed by atoms with E-state index in [4.69, 9.17) is 12.2 Å². The lowest BCUT2D eigenvalue weighted by Crippen LogP contribution is -2.43. The van der Waals surface area contributed by atoms with E-state index in [1.165, 1.54) is 32.4 Å². The predicted octanol–water partition coefficient (Wildman–Crippen LogP) is 1.44. The van der Waals surface area contributed by atoms with Crippen molar-refractivity contribution < 1.29 is 0 Å². The molecule has 2 aliphatic rings. The minimum Gasteiger partial charge on any atom is -0.360 e. The lowest BCUT2D eigenvalue weighted by atomic mass is 10.2. The standard InChI is InChI=1S/C12H23N3S/c1-10(2)13-12(16)15-8-5-11(9-15)14-6-3-4-7-14/h10-11H,3-9H2,1-2H3,(H,13,16). The maximum absolute atomic E-state index is 5.41. The molecule has 1 unspecified atom stereocenters. The van der Waals surface area contributed by atoms with Gasteiger partial charge in [-0.25, -0.2) is 0 Å². The second-order valence-electron chi connectivity index (χ2n) is 5.24. The maximum atomic E-state index is 5.41. The predicted molar refractivity (Wildman–Crippen MR) is 71.7 cm³/mol. The summed E-state index contributed by atoms with van der Waals surface area (Å²) in [4.78, 5) is 4.97. The Bertz CT molecular complexity index is 249. The highest BCUT2D eigenvalue weighted by Gasteiger charge is 2.30. The summed E-state index contributed by atoms with van der Waals surface area (Å²) in [6.07, 6.45) is 4.04. The van der Waals surface area contributed by atoms with E-state index in [0.717, 1.165) is 24.2 Å². The molecule has 0 aromatic heterocycles. The highest BCUT2D eigenvalue weighted by molar-refractivity contribution is 7.80. The summed E-state index contributed by atoms with van der Waals surface area (Å²) in [5.74, 6) is 0. The molecular weight excluding hydrogens is 218 g/mol. The van der Waals surface area contributed by atoms with Crippen molar-refractivity contribution in [3.05, 3.63) is 0 Å². The van der Waals surface area contributed by atoms with Crippen molar-refractivity contribution in [3.8, 4) is 0 Å². The molecule has 0 spiro atoms. The first-order valence-corrected chi connectivity index (χ1v) is 6.87. The number of likely N-dealkylation sites (tertiary alicyclic amines) is 2. The van der Waals surface area contributed by atoms with Crippen molar-refractivity contribution in [2.24, 2.45) is 0 Å². The highest BCUT2D eigenvalue weighted by Crippen LogP contribution is 2.20. The summed E-state index contributed by atoms with van der Waals surface area (Å²) in [5.41, 5.74) is 0. The SMILES string of the molecule is CC(C)NC(=S)N1CCC(N2CCCC2)C1. The number of nitrogens with one attached hydrogen (secondary N) is 1. The van der Waals surface area contributed by atoms with Crippen LogP contribution >= 0.6 is 12.2 Å². The normalized spacial score (nSPS) is 26.7. The van der Waals surface area contributed by atoms with Crippen LogP contribution in [-0.4, -0.2) is 53.2 Å². The summed E-state index contributed by atoms with van der Waals surface area (Å²) in [7, 11) is 0. The van der Waals surface area contributed by atoms with E-state index in [1.54, 1.807) is 0 Å². The molecule has 3 nitrogen and oxygen atoms in total. The molecule has 92 valence electrons. The average Bonchev–Trinajstić information content (AvgIpc) is 2.87. The van der Waals surface area contributed by atoms with Gasteiger partial charge in [-0.3, -0.25) is 4.90 Å². The molecule has 1 N–H and O–H groups in total. The Morgan fingerprint density at radius 3 is 2.56 bits per heavy atom. The number of nitrogens with zero attached hydrogens (tertiary/aromatic N) is 2. The minimum atomic E-state index is 0.443. The third-order valence-electron chi connectivity index (χ3n) is 3.52. The van der Waals surface area contributed by atoms with Gasteiger partial charge in [0.15, 0.2) is 5.11 Å². The Balaban J connectivity index is 1.80. The summed E-state index contributed by atoms with van der Waals surface area (Å²) in [6, 6.07) is 1.19. The first kappa shape index (κ1) is 12.1. The van der Waals surface area contributed by atoms with E-state index in [1.807, 2.05) is 0 Å². The van der Waals surface area contributed by atoms with Crippen LogP contribution in [0, 0.1) is 0 Å². The molecule has 2 heterocycles. The molecule has 16 heavy (non-hydrogen) atoms. The molecule has 0 radical (unpaired) electrons. The van der Waals surface area contributed by atoms with Crippen LogP contribution in [0.5, 0.6) is 0 Å². The van der Waals surface area contributed by atoms with Gasteiger partial charge >= 0.3 is 0 Å². The Kier molecular flexibility index (Phi) is 4.03. The van der Waals surface area contributed by atoms with Crippen LogP contribution in [-0.2, 0) is 0 Å². The fraction of sp³-hybridized carbons (Fsp3) is 0.917. The van der Waals surface area contributed by atoms with E-state index in [2.05, 4.69) is 29.0 Å². The van der Waals surface area contributed by atoms with Crippen LogP contribution in [0.3, 0.4) is 0 Å². The molecule has 1 atom stereocenters. The third-order valence-corrected chi connectivity index (χ3v) is 3.90. The van der Waals surface area contributed by atoms with E-state index in [-0.39, 0.29) is 0 Å². The molecule has 0 amide bonds. The number of rotatable bonds is 2. The number of hydrogen-bond donors (Lipinski definition) is 1. The van der Waals surface area contributed by atoms with Crippen LogP contribution in [0.2, 0.25) is 0 Å². The lowest BCUT2D eigenvalue weighted by molar-refractivity contribution is 0.249. The zero-order valence-corrected chi connectivity index (χ0v) is 11.2. The Morgan fingerprint density at radius 2 is 1.94 bits per heavy atom. The van der Waals surface area contributed by atoms with Crippen molar-refractivity contribution in [2.75, 3.05) is 26.2 Å².